The fourth-order valence-corrected chi connectivity index (χ4v) is 3.63. The minimum Gasteiger partial charge on any atom is -0.459 e. The van der Waals surface area contributed by atoms with E-state index < -0.39 is 5.60 Å². The number of esters is 1. The Kier molecular flexibility index (Phi) is 6.07. The number of hydrogen-bond donors (Lipinski definition) is 1. The lowest BCUT2D eigenvalue weighted by atomic mass is 9.98. The van der Waals surface area contributed by atoms with Gasteiger partial charge in [0.1, 0.15) is 5.60 Å². The number of nitrogens with zero attached hydrogens (tertiary/aromatic N) is 2. The van der Waals surface area contributed by atoms with E-state index in [1.165, 1.54) is 0 Å². The van der Waals surface area contributed by atoms with Gasteiger partial charge in [-0.15, -0.1) is 0 Å². The number of carbonyl (C=O) groups excluding carboxylic acids is 2. The van der Waals surface area contributed by atoms with Crippen molar-refractivity contribution in [2.75, 3.05) is 26.7 Å². The van der Waals surface area contributed by atoms with Crippen molar-refractivity contribution in [2.24, 2.45) is 0 Å². The van der Waals surface area contributed by atoms with Crippen LogP contribution in [0.4, 0.5) is 0 Å². The lowest BCUT2D eigenvalue weighted by molar-refractivity contribution is -0.156. The smallest absolute Gasteiger partial charge is 0.320 e. The molecule has 156 valence electrons. The van der Waals surface area contributed by atoms with Crippen LogP contribution in [0.15, 0.2) is 29.1 Å². The Bertz CT molecular complexity index is 974. The van der Waals surface area contributed by atoms with E-state index in [2.05, 4.69) is 4.98 Å². The van der Waals surface area contributed by atoms with Crippen LogP contribution >= 0.6 is 0 Å². The van der Waals surface area contributed by atoms with Crippen LogP contribution in [0.2, 0.25) is 0 Å². The number of aromatic amines is 1. The molecular weight excluding hydrogens is 370 g/mol. The highest BCUT2D eigenvalue weighted by Gasteiger charge is 2.24. The second kappa shape index (κ2) is 8.37. The summed E-state index contributed by atoms with van der Waals surface area (Å²) in [7, 11) is 1.81. The lowest BCUT2D eigenvalue weighted by Crippen LogP contribution is -2.39. The topological polar surface area (TPSA) is 82.7 Å². The van der Waals surface area contributed by atoms with Crippen molar-refractivity contribution >= 4 is 22.6 Å². The number of H-pyrrole nitrogens is 1. The van der Waals surface area contributed by atoms with Gasteiger partial charge in [-0.25, -0.2) is 0 Å². The minimum atomic E-state index is -0.515. The molecule has 7 heteroatoms. The van der Waals surface area contributed by atoms with Crippen LogP contribution in [0.3, 0.4) is 0 Å². The number of rotatable bonds is 5. The van der Waals surface area contributed by atoms with Gasteiger partial charge in [0.15, 0.2) is 0 Å². The highest BCUT2D eigenvalue weighted by molar-refractivity contribution is 5.86. The summed E-state index contributed by atoms with van der Waals surface area (Å²) < 4.78 is 5.32. The van der Waals surface area contributed by atoms with Crippen LogP contribution in [0, 0.1) is 0 Å². The molecule has 29 heavy (non-hydrogen) atoms. The van der Waals surface area contributed by atoms with Crippen molar-refractivity contribution in [1.29, 1.82) is 0 Å². The first-order valence-electron chi connectivity index (χ1n) is 9.95. The average molecular weight is 399 g/mol. The SMILES string of the molecule is CN(CCC(=O)N1CCc2[nH]c(=O)c3ccccc3c2C1)CC(=O)OC(C)(C)C. The largest absolute Gasteiger partial charge is 0.459 e. The zero-order valence-corrected chi connectivity index (χ0v) is 17.6. The summed E-state index contributed by atoms with van der Waals surface area (Å²) >= 11 is 0. The van der Waals surface area contributed by atoms with Crippen LogP contribution in [0.25, 0.3) is 10.8 Å². The minimum absolute atomic E-state index is 0.0435. The van der Waals surface area contributed by atoms with Gasteiger partial charge in [0.05, 0.1) is 6.54 Å². The van der Waals surface area contributed by atoms with E-state index in [0.29, 0.717) is 37.9 Å². The van der Waals surface area contributed by atoms with Crippen molar-refractivity contribution in [3.8, 4) is 0 Å². The Morgan fingerprint density at radius 2 is 1.90 bits per heavy atom. The molecular formula is C22H29N3O4. The molecule has 1 amide bonds. The van der Waals surface area contributed by atoms with Crippen molar-refractivity contribution in [3.05, 3.63) is 45.9 Å². The third-order valence-electron chi connectivity index (χ3n) is 4.99. The number of benzene rings is 1. The molecule has 3 rings (SSSR count). The Morgan fingerprint density at radius 3 is 2.59 bits per heavy atom. The van der Waals surface area contributed by atoms with Crippen molar-refractivity contribution in [2.45, 2.75) is 45.8 Å². The summed E-state index contributed by atoms with van der Waals surface area (Å²) in [5, 5.41) is 1.56. The highest BCUT2D eigenvalue weighted by atomic mass is 16.6. The van der Waals surface area contributed by atoms with E-state index in [0.717, 1.165) is 16.6 Å². The van der Waals surface area contributed by atoms with Crippen LogP contribution in [-0.4, -0.2) is 58.9 Å². The molecule has 0 radical (unpaired) electrons. The quantitative estimate of drug-likeness (QED) is 0.779. The number of aromatic nitrogens is 1. The zero-order valence-electron chi connectivity index (χ0n) is 17.6. The number of carbonyl (C=O) groups is 2. The molecule has 0 atom stereocenters. The molecule has 1 aliphatic rings. The summed E-state index contributed by atoms with van der Waals surface area (Å²) in [4.78, 5) is 43.5. The summed E-state index contributed by atoms with van der Waals surface area (Å²) in [5.41, 5.74) is 1.34. The Hall–Kier alpha value is -2.67. The Morgan fingerprint density at radius 1 is 1.21 bits per heavy atom. The number of nitrogens with one attached hydrogen (secondary N) is 1. The molecule has 0 saturated heterocycles. The molecule has 0 unspecified atom stereocenters. The van der Waals surface area contributed by atoms with Gasteiger partial charge in [-0.05, 0) is 44.8 Å². The van der Waals surface area contributed by atoms with E-state index in [1.54, 1.807) is 18.0 Å². The fraction of sp³-hybridized carbons (Fsp3) is 0.500. The van der Waals surface area contributed by atoms with Gasteiger partial charge in [0.2, 0.25) is 5.91 Å². The van der Waals surface area contributed by atoms with E-state index >= 15 is 0 Å². The predicted octanol–water partition coefficient (Wildman–Crippen LogP) is 2.08. The van der Waals surface area contributed by atoms with Crippen LogP contribution in [-0.2, 0) is 27.3 Å². The first-order valence-corrected chi connectivity index (χ1v) is 9.95. The summed E-state index contributed by atoms with van der Waals surface area (Å²) in [6.45, 7) is 7.20. The van der Waals surface area contributed by atoms with Gasteiger partial charge in [-0.2, -0.15) is 0 Å². The van der Waals surface area contributed by atoms with Gasteiger partial charge >= 0.3 is 5.97 Å². The lowest BCUT2D eigenvalue weighted by Gasteiger charge is -2.30. The number of likely N-dealkylation sites (N-methyl/N-ethyl adjacent to an activating group) is 1. The van der Waals surface area contributed by atoms with Gasteiger partial charge in [-0.3, -0.25) is 19.3 Å². The van der Waals surface area contributed by atoms with Crippen molar-refractivity contribution in [3.63, 3.8) is 0 Å². The molecule has 7 nitrogen and oxygen atoms in total. The average Bonchev–Trinajstić information content (AvgIpc) is 2.64. The maximum Gasteiger partial charge on any atom is 0.320 e. The Balaban J connectivity index is 1.61. The molecule has 1 aromatic carbocycles. The molecule has 0 spiro atoms. The summed E-state index contributed by atoms with van der Waals surface area (Å²) in [6.07, 6.45) is 0.963. The van der Waals surface area contributed by atoms with Crippen molar-refractivity contribution in [1.82, 2.24) is 14.8 Å². The van der Waals surface area contributed by atoms with E-state index in [4.69, 9.17) is 4.74 Å². The molecule has 0 aliphatic carbocycles. The molecule has 2 aromatic rings. The first kappa shape index (κ1) is 21.0. The molecule has 1 aromatic heterocycles. The standard InChI is InChI=1S/C22H29N3O4/c1-22(2,3)29-20(27)14-24(4)11-10-19(26)25-12-9-18-17(13-25)15-7-5-6-8-16(15)21(28)23-18/h5-8H,9-14H2,1-4H3,(H,23,28). The number of hydrogen-bond acceptors (Lipinski definition) is 5. The number of fused-ring (bicyclic) bond motifs is 3. The van der Waals surface area contributed by atoms with Crippen LogP contribution in [0.1, 0.15) is 38.4 Å². The van der Waals surface area contributed by atoms with E-state index in [-0.39, 0.29) is 24.0 Å². The Labute approximate surface area is 170 Å². The monoisotopic (exact) mass is 399 g/mol. The number of pyridine rings is 1. The molecule has 2 heterocycles. The first-order chi connectivity index (χ1) is 13.6. The van der Waals surface area contributed by atoms with E-state index in [1.807, 2.05) is 43.9 Å². The summed E-state index contributed by atoms with van der Waals surface area (Å²) in [6, 6.07) is 7.50. The predicted molar refractivity (Wildman–Crippen MR) is 112 cm³/mol. The summed E-state index contributed by atoms with van der Waals surface area (Å²) in [5.74, 6) is -0.253. The second-order valence-electron chi connectivity index (χ2n) is 8.60. The van der Waals surface area contributed by atoms with Gasteiger partial charge in [-0.1, -0.05) is 18.2 Å². The molecule has 0 saturated carbocycles. The third-order valence-corrected chi connectivity index (χ3v) is 4.99. The molecule has 0 bridgehead atoms. The molecule has 1 N–H and O–H groups in total. The van der Waals surface area contributed by atoms with Gasteiger partial charge in [0, 0.05) is 43.6 Å². The highest BCUT2D eigenvalue weighted by Crippen LogP contribution is 2.24. The third kappa shape index (κ3) is 5.23. The molecule has 0 fully saturated rings. The fourth-order valence-electron chi connectivity index (χ4n) is 3.63. The second-order valence-corrected chi connectivity index (χ2v) is 8.60. The van der Waals surface area contributed by atoms with Gasteiger partial charge in [0.25, 0.3) is 5.56 Å². The maximum atomic E-state index is 12.7. The number of amides is 1. The van der Waals surface area contributed by atoms with Crippen LogP contribution < -0.4 is 5.56 Å². The van der Waals surface area contributed by atoms with E-state index in [9.17, 15) is 14.4 Å². The number of ether oxygens (including phenoxy) is 1. The normalized spacial score (nSPS) is 14.2. The van der Waals surface area contributed by atoms with Crippen molar-refractivity contribution < 1.29 is 14.3 Å². The maximum absolute atomic E-state index is 12.7. The van der Waals surface area contributed by atoms with Crippen LogP contribution in [0.5, 0.6) is 0 Å². The van der Waals surface area contributed by atoms with Gasteiger partial charge < -0.3 is 14.6 Å². The zero-order chi connectivity index (χ0) is 21.2. The molecule has 1 aliphatic heterocycles.